The summed E-state index contributed by atoms with van der Waals surface area (Å²) in [5.74, 6) is -0.136. The van der Waals surface area contributed by atoms with Gasteiger partial charge in [0.2, 0.25) is 0 Å². The molecule has 0 aliphatic carbocycles. The minimum Gasteiger partial charge on any atom is -0.488 e. The molecule has 0 unspecified atom stereocenters. The molecule has 18 heavy (non-hydrogen) atoms. The van der Waals surface area contributed by atoms with Crippen molar-refractivity contribution in [2.24, 2.45) is 0 Å². The number of rotatable bonds is 4. The first-order chi connectivity index (χ1) is 8.60. The van der Waals surface area contributed by atoms with Crippen molar-refractivity contribution < 1.29 is 13.9 Å². The molecule has 0 fully saturated rings. The van der Waals surface area contributed by atoms with Gasteiger partial charge in [0.25, 0.3) is 0 Å². The summed E-state index contributed by atoms with van der Waals surface area (Å²) in [5.41, 5.74) is 0.752. The van der Waals surface area contributed by atoms with Crippen LogP contribution < -0.4 is 4.74 Å². The molecule has 4 heteroatoms. The summed E-state index contributed by atoms with van der Waals surface area (Å²) in [4.78, 5) is 12.1. The van der Waals surface area contributed by atoms with Crippen LogP contribution in [-0.4, -0.2) is 12.4 Å². The average molecular weight is 264 g/mol. The maximum Gasteiger partial charge on any atom is 0.165 e. The van der Waals surface area contributed by atoms with Crippen molar-refractivity contribution in [3.05, 3.63) is 41.0 Å². The predicted octanol–water partition coefficient (Wildman–Crippen LogP) is 4.15. The molecule has 94 valence electrons. The van der Waals surface area contributed by atoms with Crippen molar-refractivity contribution in [3.8, 4) is 16.2 Å². The van der Waals surface area contributed by atoms with Gasteiger partial charge in [0.15, 0.2) is 17.9 Å². The van der Waals surface area contributed by atoms with E-state index in [4.69, 9.17) is 4.74 Å². The number of halogens is 1. The lowest BCUT2D eigenvalue weighted by molar-refractivity contribution is 0.112. The van der Waals surface area contributed by atoms with Gasteiger partial charge in [-0.15, -0.1) is 11.3 Å². The third-order valence-corrected chi connectivity index (χ3v) is 3.38. The Morgan fingerprint density at radius 3 is 2.61 bits per heavy atom. The zero-order valence-corrected chi connectivity index (χ0v) is 11.0. The molecular weight excluding hydrogens is 251 g/mol. The second-order valence-corrected chi connectivity index (χ2v) is 5.25. The Morgan fingerprint density at radius 1 is 1.28 bits per heavy atom. The zero-order chi connectivity index (χ0) is 13.1. The molecular formula is C14H13FO2S. The van der Waals surface area contributed by atoms with Gasteiger partial charge in [-0.1, -0.05) is 0 Å². The maximum absolute atomic E-state index is 13.8. The zero-order valence-electron chi connectivity index (χ0n) is 10.1. The normalized spacial score (nSPS) is 10.7. The van der Waals surface area contributed by atoms with Crippen LogP contribution in [0.2, 0.25) is 0 Å². The minimum atomic E-state index is -0.387. The molecule has 0 saturated heterocycles. The lowest BCUT2D eigenvalue weighted by atomic mass is 10.2. The Balaban J connectivity index is 2.30. The predicted molar refractivity (Wildman–Crippen MR) is 70.9 cm³/mol. The van der Waals surface area contributed by atoms with Gasteiger partial charge < -0.3 is 4.74 Å². The summed E-state index contributed by atoms with van der Waals surface area (Å²) in [7, 11) is 0. The molecule has 0 saturated carbocycles. The van der Waals surface area contributed by atoms with E-state index in [2.05, 4.69) is 0 Å². The maximum atomic E-state index is 13.8. The Morgan fingerprint density at radius 2 is 2.06 bits per heavy atom. The van der Waals surface area contributed by atoms with E-state index < -0.39 is 0 Å². The molecule has 0 aliphatic rings. The van der Waals surface area contributed by atoms with Crippen molar-refractivity contribution in [3.63, 3.8) is 0 Å². The summed E-state index contributed by atoms with van der Waals surface area (Å²) in [6.45, 7) is 3.70. The second kappa shape index (κ2) is 5.31. The highest BCUT2D eigenvalue weighted by Gasteiger charge is 2.09. The van der Waals surface area contributed by atoms with E-state index in [1.54, 1.807) is 18.2 Å². The van der Waals surface area contributed by atoms with Gasteiger partial charge >= 0.3 is 0 Å². The molecule has 0 aliphatic heterocycles. The largest absolute Gasteiger partial charge is 0.488 e. The van der Waals surface area contributed by atoms with Crippen molar-refractivity contribution in [1.82, 2.24) is 0 Å². The van der Waals surface area contributed by atoms with E-state index in [0.717, 1.165) is 16.7 Å². The lowest BCUT2D eigenvalue weighted by Gasteiger charge is -2.11. The Labute approximate surface area is 109 Å². The van der Waals surface area contributed by atoms with E-state index in [-0.39, 0.29) is 17.7 Å². The van der Waals surface area contributed by atoms with Crippen LogP contribution >= 0.6 is 11.3 Å². The van der Waals surface area contributed by atoms with E-state index in [9.17, 15) is 9.18 Å². The molecule has 1 aromatic carbocycles. The average Bonchev–Trinajstić information content (AvgIpc) is 2.80. The van der Waals surface area contributed by atoms with Crippen LogP contribution in [0.3, 0.4) is 0 Å². The fourth-order valence-corrected chi connectivity index (χ4v) is 2.39. The highest BCUT2D eigenvalue weighted by molar-refractivity contribution is 7.17. The topological polar surface area (TPSA) is 26.3 Å². The van der Waals surface area contributed by atoms with Crippen LogP contribution in [0.25, 0.3) is 10.4 Å². The standard InChI is InChI=1S/C14H13FO2S/c1-9(2)17-13-5-3-10(7-12(13)15)14-6-4-11(8-16)18-14/h3-9H,1-2H3. The van der Waals surface area contributed by atoms with Gasteiger partial charge in [0.05, 0.1) is 11.0 Å². The first-order valence-corrected chi connectivity index (χ1v) is 6.43. The quantitative estimate of drug-likeness (QED) is 0.775. The fourth-order valence-electron chi connectivity index (χ4n) is 1.57. The highest BCUT2D eigenvalue weighted by Crippen LogP contribution is 2.30. The number of carbonyl (C=O) groups excluding carboxylic acids is 1. The Bertz CT molecular complexity index is 561. The number of hydrogen-bond acceptors (Lipinski definition) is 3. The monoisotopic (exact) mass is 264 g/mol. The molecule has 0 spiro atoms. The van der Waals surface area contributed by atoms with E-state index in [1.165, 1.54) is 17.4 Å². The number of ether oxygens (including phenoxy) is 1. The SMILES string of the molecule is CC(C)Oc1ccc(-c2ccc(C=O)s2)cc1F. The molecule has 1 heterocycles. The summed E-state index contributed by atoms with van der Waals surface area (Å²) >= 11 is 1.34. The summed E-state index contributed by atoms with van der Waals surface area (Å²) in [5, 5.41) is 0. The summed E-state index contributed by atoms with van der Waals surface area (Å²) in [6, 6.07) is 8.37. The Kier molecular flexibility index (Phi) is 3.77. The molecule has 0 atom stereocenters. The lowest BCUT2D eigenvalue weighted by Crippen LogP contribution is -2.06. The van der Waals surface area contributed by atoms with Crippen molar-refractivity contribution in [1.29, 1.82) is 0 Å². The third kappa shape index (κ3) is 2.76. The highest BCUT2D eigenvalue weighted by atomic mass is 32.1. The van der Waals surface area contributed by atoms with E-state index >= 15 is 0 Å². The van der Waals surface area contributed by atoms with Crippen LogP contribution in [0.1, 0.15) is 23.5 Å². The summed E-state index contributed by atoms with van der Waals surface area (Å²) < 4.78 is 19.1. The number of hydrogen-bond donors (Lipinski definition) is 0. The van der Waals surface area contributed by atoms with Gasteiger partial charge in [0, 0.05) is 4.88 Å². The third-order valence-electron chi connectivity index (χ3n) is 2.32. The van der Waals surface area contributed by atoms with E-state index in [1.807, 2.05) is 19.9 Å². The smallest absolute Gasteiger partial charge is 0.165 e. The van der Waals surface area contributed by atoms with Gasteiger partial charge in [-0.05, 0) is 49.7 Å². The minimum absolute atomic E-state index is 0.0613. The molecule has 0 amide bonds. The van der Waals surface area contributed by atoms with Crippen molar-refractivity contribution in [2.45, 2.75) is 20.0 Å². The molecule has 2 nitrogen and oxygen atoms in total. The van der Waals surface area contributed by atoms with Crippen molar-refractivity contribution >= 4 is 17.6 Å². The molecule has 0 N–H and O–H groups in total. The Hall–Kier alpha value is -1.68. The van der Waals surface area contributed by atoms with Crippen molar-refractivity contribution in [2.75, 3.05) is 0 Å². The fraction of sp³-hybridized carbons (Fsp3) is 0.214. The van der Waals surface area contributed by atoms with Crippen LogP contribution in [0.4, 0.5) is 4.39 Å². The molecule has 0 bridgehead atoms. The van der Waals surface area contributed by atoms with Gasteiger partial charge in [-0.25, -0.2) is 4.39 Å². The number of aldehydes is 1. The van der Waals surface area contributed by atoms with E-state index in [0.29, 0.717) is 4.88 Å². The number of carbonyl (C=O) groups is 1. The van der Waals surface area contributed by atoms with Crippen LogP contribution in [-0.2, 0) is 0 Å². The molecule has 2 aromatic rings. The first-order valence-electron chi connectivity index (χ1n) is 5.61. The summed E-state index contributed by atoms with van der Waals surface area (Å²) in [6.07, 6.45) is 0.731. The molecule has 2 rings (SSSR count). The molecule has 0 radical (unpaired) electrons. The van der Waals surface area contributed by atoms with Crippen LogP contribution in [0.15, 0.2) is 30.3 Å². The van der Waals surface area contributed by atoms with Gasteiger partial charge in [0.1, 0.15) is 0 Å². The second-order valence-electron chi connectivity index (χ2n) is 4.13. The number of benzene rings is 1. The molecule has 1 aromatic heterocycles. The number of thiophene rings is 1. The first kappa shape index (κ1) is 12.8. The van der Waals surface area contributed by atoms with Crippen LogP contribution in [0, 0.1) is 5.82 Å². The van der Waals surface area contributed by atoms with Crippen LogP contribution in [0.5, 0.6) is 5.75 Å². The van der Waals surface area contributed by atoms with Gasteiger partial charge in [-0.3, -0.25) is 4.79 Å². The van der Waals surface area contributed by atoms with Gasteiger partial charge in [-0.2, -0.15) is 0 Å².